The molecule has 1 unspecified atom stereocenters. The van der Waals surface area contributed by atoms with Gasteiger partial charge in [0, 0.05) is 53.2 Å². The molecule has 1 N–H and O–H groups in total. The molecule has 1 atom stereocenters. The van der Waals surface area contributed by atoms with Gasteiger partial charge in [0.05, 0.1) is 18.0 Å². The first-order chi connectivity index (χ1) is 16.3. The summed E-state index contributed by atoms with van der Waals surface area (Å²) in [6.07, 6.45) is 6.25. The van der Waals surface area contributed by atoms with Crippen LogP contribution in [0.25, 0.3) is 5.57 Å². The number of nitrogens with one attached hydrogen (secondary N) is 1. The highest BCUT2D eigenvalue weighted by atomic mass is 32.2. The Kier molecular flexibility index (Phi) is 6.98. The Balaban J connectivity index is 1.97. The third-order valence-electron chi connectivity index (χ3n) is 6.72. The van der Waals surface area contributed by atoms with Crippen molar-refractivity contribution in [2.45, 2.75) is 38.6 Å². The zero-order valence-electron chi connectivity index (χ0n) is 20.2. The van der Waals surface area contributed by atoms with Crippen molar-refractivity contribution in [2.24, 2.45) is 0 Å². The van der Waals surface area contributed by atoms with Gasteiger partial charge in [-0.1, -0.05) is 18.2 Å². The quantitative estimate of drug-likeness (QED) is 0.587. The van der Waals surface area contributed by atoms with Crippen LogP contribution >= 0.6 is 0 Å². The van der Waals surface area contributed by atoms with Crippen LogP contribution in [0.3, 0.4) is 0 Å². The van der Waals surface area contributed by atoms with Gasteiger partial charge in [-0.15, -0.1) is 0 Å². The van der Waals surface area contributed by atoms with E-state index in [9.17, 15) is 13.0 Å². The molecule has 0 aromatic heterocycles. The van der Waals surface area contributed by atoms with Crippen LogP contribution < -0.4 is 14.5 Å². The molecule has 180 valence electrons. The SMILES string of the molecule is CCN(CC)c1ccc2c(c1)OC1=CC([NH+](CC)CC)C=CC1=C2c1ccccc1S(=O)(=O)[O-]. The first-order valence-electron chi connectivity index (χ1n) is 11.9. The number of fused-ring (bicyclic) bond motifs is 2. The maximum atomic E-state index is 12.2. The lowest BCUT2D eigenvalue weighted by Crippen LogP contribution is -3.14. The van der Waals surface area contributed by atoms with E-state index in [2.05, 4.69) is 44.7 Å². The number of nitrogens with zero attached hydrogens (tertiary/aromatic N) is 1. The number of ether oxygens (including phenoxy) is 1. The molecule has 0 saturated carbocycles. The normalized spacial score (nSPS) is 17.2. The predicted octanol–water partition coefficient (Wildman–Crippen LogP) is 3.38. The second kappa shape index (κ2) is 9.78. The van der Waals surface area contributed by atoms with E-state index in [1.807, 2.05) is 24.3 Å². The van der Waals surface area contributed by atoms with Crippen LogP contribution in [0.1, 0.15) is 38.8 Å². The van der Waals surface area contributed by atoms with E-state index < -0.39 is 10.1 Å². The van der Waals surface area contributed by atoms with Crippen molar-refractivity contribution >= 4 is 21.4 Å². The lowest BCUT2D eigenvalue weighted by molar-refractivity contribution is -0.908. The summed E-state index contributed by atoms with van der Waals surface area (Å²) in [6, 6.07) is 12.6. The fourth-order valence-electron chi connectivity index (χ4n) is 4.89. The number of allylic oxidation sites excluding steroid dienone is 1. The number of hydrogen-bond donors (Lipinski definition) is 1. The van der Waals surface area contributed by atoms with Gasteiger partial charge in [-0.05, 0) is 58.0 Å². The van der Waals surface area contributed by atoms with Gasteiger partial charge < -0.3 is 19.1 Å². The maximum Gasteiger partial charge on any atom is 0.137 e. The molecule has 0 amide bonds. The Bertz CT molecular complexity index is 1270. The smallest absolute Gasteiger partial charge is 0.137 e. The van der Waals surface area contributed by atoms with Crippen LogP contribution in [-0.4, -0.2) is 45.2 Å². The van der Waals surface area contributed by atoms with Gasteiger partial charge in [-0.2, -0.15) is 0 Å². The van der Waals surface area contributed by atoms with Crippen LogP contribution in [0.4, 0.5) is 5.69 Å². The molecule has 34 heavy (non-hydrogen) atoms. The summed E-state index contributed by atoms with van der Waals surface area (Å²) in [5.74, 6) is 1.36. The molecule has 1 aliphatic carbocycles. The summed E-state index contributed by atoms with van der Waals surface area (Å²) < 4.78 is 42.9. The average Bonchev–Trinajstić information content (AvgIpc) is 2.83. The van der Waals surface area contributed by atoms with E-state index in [0.717, 1.165) is 43.0 Å². The van der Waals surface area contributed by atoms with Crippen molar-refractivity contribution < 1.29 is 22.6 Å². The van der Waals surface area contributed by atoms with E-state index in [1.165, 1.54) is 11.0 Å². The second-order valence-electron chi connectivity index (χ2n) is 8.47. The number of hydrogen-bond acceptors (Lipinski definition) is 5. The second-order valence-corrected chi connectivity index (χ2v) is 9.82. The Morgan fingerprint density at radius 1 is 1.00 bits per heavy atom. The van der Waals surface area contributed by atoms with Gasteiger partial charge in [0.25, 0.3) is 0 Å². The number of likely N-dealkylation sites (N-methyl/N-ethyl adjacent to an activating group) is 1. The number of rotatable bonds is 8. The molecule has 0 spiro atoms. The molecular formula is C27H32N2O4S. The first-order valence-corrected chi connectivity index (χ1v) is 13.3. The van der Waals surface area contributed by atoms with E-state index in [0.29, 0.717) is 22.6 Å². The minimum absolute atomic E-state index is 0.154. The van der Waals surface area contributed by atoms with Crippen molar-refractivity contribution in [1.82, 2.24) is 0 Å². The fraction of sp³-hybridized carbons (Fsp3) is 0.333. The number of quaternary nitrogens is 1. The van der Waals surface area contributed by atoms with E-state index in [-0.39, 0.29) is 10.9 Å². The molecule has 0 fully saturated rings. The molecule has 0 radical (unpaired) electrons. The molecule has 2 aliphatic rings. The number of benzene rings is 2. The molecule has 6 nitrogen and oxygen atoms in total. The minimum Gasteiger partial charge on any atom is -0.744 e. The Labute approximate surface area is 202 Å². The summed E-state index contributed by atoms with van der Waals surface area (Å²) in [7, 11) is -4.67. The predicted molar refractivity (Wildman–Crippen MR) is 134 cm³/mol. The van der Waals surface area contributed by atoms with Crippen LogP contribution in [0.2, 0.25) is 0 Å². The van der Waals surface area contributed by atoms with Gasteiger partial charge in [-0.3, -0.25) is 0 Å². The molecule has 1 aliphatic heterocycles. The van der Waals surface area contributed by atoms with E-state index in [1.54, 1.807) is 18.2 Å². The van der Waals surface area contributed by atoms with Gasteiger partial charge >= 0.3 is 0 Å². The molecule has 0 bridgehead atoms. The van der Waals surface area contributed by atoms with E-state index >= 15 is 0 Å². The molecule has 7 heteroatoms. The summed E-state index contributed by atoms with van der Waals surface area (Å²) in [4.78, 5) is 3.41. The summed E-state index contributed by atoms with van der Waals surface area (Å²) >= 11 is 0. The standard InChI is InChI=1S/C27H32N2O4S/c1-5-28(6-2)19-13-15-21-24(17-19)33-25-18-20(29(7-3)8-4)14-16-22(25)27(21)23-11-9-10-12-26(23)34(30,31)32/h9-19H,5-8H2,1-4H3,(H,30,31,32). The van der Waals surface area contributed by atoms with Gasteiger partial charge in [-0.25, -0.2) is 8.42 Å². The summed E-state index contributed by atoms with van der Waals surface area (Å²) in [5, 5.41) is 0. The lowest BCUT2D eigenvalue weighted by Gasteiger charge is -2.32. The zero-order chi connectivity index (χ0) is 24.5. The molecule has 2 aromatic rings. The van der Waals surface area contributed by atoms with Crippen LogP contribution in [0.15, 0.2) is 76.9 Å². The summed E-state index contributed by atoms with van der Waals surface area (Å²) in [5.41, 5.74) is 3.71. The Morgan fingerprint density at radius 3 is 2.35 bits per heavy atom. The van der Waals surface area contributed by atoms with Crippen LogP contribution in [-0.2, 0) is 10.1 Å². The highest BCUT2D eigenvalue weighted by Gasteiger charge is 2.31. The number of anilines is 1. The van der Waals surface area contributed by atoms with Crippen LogP contribution in [0, 0.1) is 0 Å². The average molecular weight is 481 g/mol. The van der Waals surface area contributed by atoms with Crippen molar-refractivity contribution in [1.29, 1.82) is 0 Å². The molecule has 0 saturated heterocycles. The molecule has 2 aromatic carbocycles. The Hall–Kier alpha value is -2.87. The molecule has 4 rings (SSSR count). The van der Waals surface area contributed by atoms with Crippen molar-refractivity contribution in [3.8, 4) is 5.75 Å². The molecule has 1 heterocycles. The topological polar surface area (TPSA) is 74.1 Å². The monoisotopic (exact) mass is 480 g/mol. The highest BCUT2D eigenvalue weighted by Crippen LogP contribution is 2.45. The van der Waals surface area contributed by atoms with Crippen molar-refractivity contribution in [3.05, 3.63) is 83.2 Å². The largest absolute Gasteiger partial charge is 0.744 e. The first kappa shape index (κ1) is 24.3. The lowest BCUT2D eigenvalue weighted by atomic mass is 9.86. The zero-order valence-corrected chi connectivity index (χ0v) is 21.0. The van der Waals surface area contributed by atoms with Gasteiger partial charge in [0.2, 0.25) is 0 Å². The highest BCUT2D eigenvalue weighted by molar-refractivity contribution is 7.85. The fourth-order valence-corrected chi connectivity index (χ4v) is 5.58. The third-order valence-corrected chi connectivity index (χ3v) is 7.62. The minimum atomic E-state index is -4.67. The van der Waals surface area contributed by atoms with Crippen molar-refractivity contribution in [3.63, 3.8) is 0 Å². The van der Waals surface area contributed by atoms with E-state index in [4.69, 9.17) is 4.74 Å². The third kappa shape index (κ3) is 4.43. The molecular weight excluding hydrogens is 448 g/mol. The maximum absolute atomic E-state index is 12.2. The Morgan fingerprint density at radius 2 is 1.71 bits per heavy atom. The summed E-state index contributed by atoms with van der Waals surface area (Å²) in [6.45, 7) is 12.2. The van der Waals surface area contributed by atoms with Gasteiger partial charge in [0.15, 0.2) is 0 Å². The van der Waals surface area contributed by atoms with Crippen LogP contribution in [0.5, 0.6) is 5.75 Å². The van der Waals surface area contributed by atoms with Crippen molar-refractivity contribution in [2.75, 3.05) is 31.1 Å². The van der Waals surface area contributed by atoms with Gasteiger partial charge in [0.1, 0.15) is 27.7 Å².